The number of cyclic esters (lactones) is 1. The van der Waals surface area contributed by atoms with Crippen molar-refractivity contribution < 1.29 is 36.7 Å². The number of carbonyl (C=O) groups excluding carboxylic acids is 3. The summed E-state index contributed by atoms with van der Waals surface area (Å²) in [6, 6.07) is 6.54. The molecule has 3 rings (SSSR count). The molecule has 3 atom stereocenters. The van der Waals surface area contributed by atoms with Gasteiger partial charge in [0.25, 0.3) is 0 Å². The molecule has 0 aliphatic carbocycles. The number of alkyl halides is 4. The van der Waals surface area contributed by atoms with Gasteiger partial charge in [-0.05, 0) is 24.3 Å². The summed E-state index contributed by atoms with van der Waals surface area (Å²) < 4.78 is 59.8. The number of carbonyl (C=O) groups is 3. The highest BCUT2D eigenvalue weighted by Crippen LogP contribution is 2.30. The van der Waals surface area contributed by atoms with Crippen LogP contribution in [0.4, 0.5) is 33.7 Å². The maximum Gasteiger partial charge on any atom is 0.422 e. The first-order valence-electron chi connectivity index (χ1n) is 10.3. The van der Waals surface area contributed by atoms with Gasteiger partial charge in [0.15, 0.2) is 12.5 Å². The normalized spacial score (nSPS) is 22.7. The van der Waals surface area contributed by atoms with E-state index >= 15 is 0 Å². The van der Waals surface area contributed by atoms with Crippen molar-refractivity contribution in [3.8, 4) is 0 Å². The Bertz CT molecular complexity index is 882. The molecule has 0 aromatic heterocycles. The molecule has 2 unspecified atom stereocenters. The quantitative estimate of drug-likeness (QED) is 0.480. The molecule has 0 bridgehead atoms. The van der Waals surface area contributed by atoms with Gasteiger partial charge in [0, 0.05) is 38.3 Å². The zero-order valence-corrected chi connectivity index (χ0v) is 18.1. The van der Waals surface area contributed by atoms with Gasteiger partial charge in [0.2, 0.25) is 11.8 Å². The Hall–Kier alpha value is -3.09. The number of hydrogen-bond donors (Lipinski definition) is 2. The molecular weight excluding hydrogens is 450 g/mol. The highest BCUT2D eigenvalue weighted by Gasteiger charge is 2.48. The Balaban J connectivity index is 1.62. The Morgan fingerprint density at radius 3 is 2.27 bits per heavy atom. The van der Waals surface area contributed by atoms with Crippen LogP contribution in [0.2, 0.25) is 0 Å². The largest absolute Gasteiger partial charge is 0.442 e. The highest BCUT2D eigenvalue weighted by molar-refractivity contribution is 5.90. The van der Waals surface area contributed by atoms with E-state index < -0.39 is 36.7 Å². The second-order valence-electron chi connectivity index (χ2n) is 7.83. The molecule has 33 heavy (non-hydrogen) atoms. The number of amides is 3. The number of piperazine rings is 1. The van der Waals surface area contributed by atoms with Gasteiger partial charge in [-0.15, -0.1) is 0 Å². The van der Waals surface area contributed by atoms with Crippen molar-refractivity contribution in [3.05, 3.63) is 24.3 Å². The summed E-state index contributed by atoms with van der Waals surface area (Å²) in [6.45, 7) is 2.27. The second-order valence-corrected chi connectivity index (χ2v) is 7.83. The van der Waals surface area contributed by atoms with E-state index in [0.29, 0.717) is 16.3 Å². The first-order chi connectivity index (χ1) is 15.5. The SMILES string of the molecule is CC(=O)NCC1CN(c2ccc(N3CCN(C(NC(C)=O)C(F)(F)F)[C@@H](F)C3)cc2)C(=O)O1. The third kappa shape index (κ3) is 6.03. The summed E-state index contributed by atoms with van der Waals surface area (Å²) in [5, 5.41) is 4.35. The topological polar surface area (TPSA) is 94.2 Å². The lowest BCUT2D eigenvalue weighted by Crippen LogP contribution is -2.64. The van der Waals surface area contributed by atoms with Gasteiger partial charge in [-0.1, -0.05) is 0 Å². The van der Waals surface area contributed by atoms with E-state index in [-0.39, 0.29) is 38.6 Å². The predicted molar refractivity (Wildman–Crippen MR) is 110 cm³/mol. The van der Waals surface area contributed by atoms with Crippen molar-refractivity contribution in [3.63, 3.8) is 0 Å². The fourth-order valence-corrected chi connectivity index (χ4v) is 3.76. The fraction of sp³-hybridized carbons (Fsp3) is 0.550. The van der Waals surface area contributed by atoms with E-state index in [1.807, 2.05) is 0 Å². The van der Waals surface area contributed by atoms with Crippen molar-refractivity contribution >= 4 is 29.3 Å². The van der Waals surface area contributed by atoms with Crippen LogP contribution < -0.4 is 20.4 Å². The number of nitrogens with zero attached hydrogens (tertiary/aromatic N) is 3. The van der Waals surface area contributed by atoms with Gasteiger partial charge >= 0.3 is 12.3 Å². The maximum absolute atomic E-state index is 14.7. The third-order valence-electron chi connectivity index (χ3n) is 5.32. The molecule has 2 aliphatic heterocycles. The van der Waals surface area contributed by atoms with Crippen molar-refractivity contribution in [1.29, 1.82) is 0 Å². The lowest BCUT2D eigenvalue weighted by atomic mass is 10.2. The van der Waals surface area contributed by atoms with Crippen LogP contribution in [0.1, 0.15) is 13.8 Å². The Kier molecular flexibility index (Phi) is 7.30. The smallest absolute Gasteiger partial charge is 0.422 e. The average molecular weight is 475 g/mol. The van der Waals surface area contributed by atoms with Crippen molar-refractivity contribution in [2.24, 2.45) is 0 Å². The van der Waals surface area contributed by atoms with Gasteiger partial charge in [-0.2, -0.15) is 13.2 Å². The Morgan fingerprint density at radius 1 is 1.09 bits per heavy atom. The fourth-order valence-electron chi connectivity index (χ4n) is 3.76. The van der Waals surface area contributed by atoms with Crippen LogP contribution in [-0.2, 0) is 14.3 Å². The van der Waals surface area contributed by atoms with Crippen molar-refractivity contribution in [2.45, 2.75) is 38.6 Å². The molecule has 0 spiro atoms. The van der Waals surface area contributed by atoms with Crippen LogP contribution in [0.15, 0.2) is 24.3 Å². The molecule has 2 saturated heterocycles. The number of halogens is 4. The van der Waals surface area contributed by atoms with Crippen molar-refractivity contribution in [2.75, 3.05) is 42.5 Å². The van der Waals surface area contributed by atoms with Gasteiger partial charge in [0.05, 0.1) is 19.6 Å². The number of rotatable bonds is 6. The maximum atomic E-state index is 14.7. The molecule has 9 nitrogen and oxygen atoms in total. The minimum atomic E-state index is -4.82. The van der Waals surface area contributed by atoms with E-state index in [1.54, 1.807) is 34.5 Å². The van der Waals surface area contributed by atoms with Crippen LogP contribution in [0.5, 0.6) is 0 Å². The number of ether oxygens (including phenoxy) is 1. The van der Waals surface area contributed by atoms with Crippen LogP contribution in [0, 0.1) is 0 Å². The molecule has 2 fully saturated rings. The zero-order chi connectivity index (χ0) is 24.3. The number of hydrogen-bond acceptors (Lipinski definition) is 6. The summed E-state index contributed by atoms with van der Waals surface area (Å²) >= 11 is 0. The standard InChI is InChI=1S/C20H25F4N5O4/c1-12(30)25-9-16-10-29(19(32)33-16)15-5-3-14(4-6-15)27-7-8-28(17(21)11-27)18(20(22,23)24)26-13(2)31/h3-6,16-18H,7-11H2,1-2H3,(H,25,30)(H,26,31)/t16?,17-,18?/m1/s1. The number of benzene rings is 1. The van der Waals surface area contributed by atoms with Gasteiger partial charge in [-0.3, -0.25) is 14.5 Å². The minimum absolute atomic E-state index is 0.108. The predicted octanol–water partition coefficient (Wildman–Crippen LogP) is 1.59. The Labute approximate surface area is 187 Å². The lowest BCUT2D eigenvalue weighted by Gasteiger charge is -2.42. The molecule has 182 valence electrons. The van der Waals surface area contributed by atoms with E-state index in [1.165, 1.54) is 11.8 Å². The molecule has 0 saturated carbocycles. The number of nitrogens with one attached hydrogen (secondary N) is 2. The minimum Gasteiger partial charge on any atom is -0.442 e. The second kappa shape index (κ2) is 9.81. The summed E-state index contributed by atoms with van der Waals surface area (Å²) in [4.78, 5) is 37.9. The summed E-state index contributed by atoms with van der Waals surface area (Å²) in [7, 11) is 0. The van der Waals surface area contributed by atoms with E-state index in [4.69, 9.17) is 4.74 Å². The van der Waals surface area contributed by atoms with E-state index in [9.17, 15) is 31.9 Å². The molecule has 1 aromatic rings. The molecule has 2 N–H and O–H groups in total. The highest BCUT2D eigenvalue weighted by atomic mass is 19.4. The van der Waals surface area contributed by atoms with Gasteiger partial charge in [0.1, 0.15) is 6.10 Å². The molecule has 13 heteroatoms. The molecule has 1 aromatic carbocycles. The van der Waals surface area contributed by atoms with Crippen LogP contribution in [-0.4, -0.2) is 80.3 Å². The van der Waals surface area contributed by atoms with E-state index in [0.717, 1.165) is 6.92 Å². The zero-order valence-electron chi connectivity index (χ0n) is 18.1. The molecule has 0 radical (unpaired) electrons. The molecule has 2 heterocycles. The van der Waals surface area contributed by atoms with Gasteiger partial charge in [-0.25, -0.2) is 14.1 Å². The monoisotopic (exact) mass is 475 g/mol. The summed E-state index contributed by atoms with van der Waals surface area (Å²) in [5.41, 5.74) is 1.11. The van der Waals surface area contributed by atoms with Crippen LogP contribution >= 0.6 is 0 Å². The lowest BCUT2D eigenvalue weighted by molar-refractivity contribution is -0.209. The number of anilines is 2. The molecular formula is C20H25F4N5O4. The first kappa shape index (κ1) is 24.6. The molecule has 3 amide bonds. The average Bonchev–Trinajstić information content (AvgIpc) is 3.10. The Morgan fingerprint density at radius 2 is 1.73 bits per heavy atom. The third-order valence-corrected chi connectivity index (χ3v) is 5.32. The van der Waals surface area contributed by atoms with Gasteiger partial charge < -0.3 is 20.3 Å². The summed E-state index contributed by atoms with van der Waals surface area (Å²) in [6.07, 6.45) is -10.2. The summed E-state index contributed by atoms with van der Waals surface area (Å²) in [5.74, 6) is -1.14. The molecule has 2 aliphatic rings. The van der Waals surface area contributed by atoms with Crippen LogP contribution in [0.25, 0.3) is 0 Å². The van der Waals surface area contributed by atoms with Crippen LogP contribution in [0.3, 0.4) is 0 Å². The van der Waals surface area contributed by atoms with E-state index in [2.05, 4.69) is 5.32 Å². The van der Waals surface area contributed by atoms with Crippen molar-refractivity contribution in [1.82, 2.24) is 15.5 Å². The first-order valence-corrected chi connectivity index (χ1v) is 10.3.